The summed E-state index contributed by atoms with van der Waals surface area (Å²) in [7, 11) is 0. The fourth-order valence-electron chi connectivity index (χ4n) is 10.6. The molecule has 0 aliphatic heterocycles. The van der Waals surface area contributed by atoms with Gasteiger partial charge in [0, 0.05) is 48.1 Å². The summed E-state index contributed by atoms with van der Waals surface area (Å²) in [4.78, 5) is 2.39. The van der Waals surface area contributed by atoms with E-state index in [1.54, 1.807) is 0 Å². The molecule has 12 rings (SSSR count). The molecule has 2 aliphatic carbocycles. The first-order chi connectivity index (χ1) is 30.2. The third kappa shape index (κ3) is 5.60. The zero-order chi connectivity index (χ0) is 41.7. The van der Waals surface area contributed by atoms with E-state index in [1.165, 1.54) is 98.1 Å². The zero-order valence-corrected chi connectivity index (χ0v) is 36.2. The van der Waals surface area contributed by atoms with Gasteiger partial charge in [-0.05, 0) is 132 Å². The quantitative estimate of drug-likeness (QED) is 0.162. The van der Waals surface area contributed by atoms with Crippen molar-refractivity contribution in [2.45, 2.75) is 38.5 Å². The molecule has 0 unspecified atom stereocenters. The predicted molar refractivity (Wildman–Crippen MR) is 265 cm³/mol. The van der Waals surface area contributed by atoms with Crippen LogP contribution in [0.5, 0.6) is 0 Å². The summed E-state index contributed by atoms with van der Waals surface area (Å²) in [6.45, 7) is 9.59. The van der Waals surface area contributed by atoms with E-state index >= 15 is 0 Å². The molecule has 0 N–H and O–H groups in total. The Hall–Kier alpha value is -7.00. The molecule has 2 aliphatic rings. The van der Waals surface area contributed by atoms with Crippen molar-refractivity contribution < 1.29 is 0 Å². The van der Waals surface area contributed by atoms with E-state index in [0.29, 0.717) is 0 Å². The monoisotopic (exact) mass is 811 g/mol. The Bertz CT molecular complexity index is 3290. The number of fused-ring (bicyclic) bond motifs is 9. The van der Waals surface area contributed by atoms with Gasteiger partial charge in [-0.2, -0.15) is 0 Å². The van der Waals surface area contributed by atoms with Crippen molar-refractivity contribution >= 4 is 48.6 Å². The second kappa shape index (κ2) is 13.8. The average molecular weight is 812 g/mol. The van der Waals surface area contributed by atoms with Crippen LogP contribution in [0.25, 0.3) is 75.8 Å². The van der Waals surface area contributed by atoms with Crippen LogP contribution in [-0.4, -0.2) is 0 Å². The predicted octanol–water partition coefficient (Wildman–Crippen LogP) is 17.1. The molecule has 1 nitrogen and oxygen atoms in total. The minimum Gasteiger partial charge on any atom is -0.310 e. The second-order valence-corrected chi connectivity index (χ2v) is 19.2. The maximum absolute atomic E-state index is 2.54. The Kier molecular flexibility index (Phi) is 8.17. The third-order valence-corrected chi connectivity index (χ3v) is 15.0. The summed E-state index contributed by atoms with van der Waals surface area (Å²) in [5.41, 5.74) is 21.9. The van der Waals surface area contributed by atoms with Gasteiger partial charge >= 0.3 is 0 Å². The lowest BCUT2D eigenvalue weighted by molar-refractivity contribution is 0.652. The standard InChI is InChI=1S/C60H45NS/c1-59(2)52-20-12-11-18-47(52)50-36-55-51(37-54(50)59)58-46(19-13-21-53(58)60(55,3)4)42-26-32-48-49-33-31-45(35-57(49)62-56(48)34-42)61(43-27-22-40(23-28-43)38-14-7-5-8-15-38)44-29-24-41(25-30-44)39-16-9-6-10-17-39/h5-37H,1-4H3. The molecule has 0 saturated heterocycles. The van der Waals surface area contributed by atoms with Gasteiger partial charge in [0.2, 0.25) is 0 Å². The molecule has 0 bridgehead atoms. The summed E-state index contributed by atoms with van der Waals surface area (Å²) in [6, 6.07) is 74.4. The van der Waals surface area contributed by atoms with Crippen LogP contribution in [-0.2, 0) is 10.8 Å². The molecule has 1 aromatic heterocycles. The van der Waals surface area contributed by atoms with Crippen LogP contribution in [0.2, 0.25) is 0 Å². The minimum absolute atomic E-state index is 0.0511. The molecule has 0 radical (unpaired) electrons. The van der Waals surface area contributed by atoms with E-state index in [4.69, 9.17) is 0 Å². The summed E-state index contributed by atoms with van der Waals surface area (Å²) < 4.78 is 2.59. The van der Waals surface area contributed by atoms with Crippen molar-refractivity contribution in [2.24, 2.45) is 0 Å². The number of thiophene rings is 1. The topological polar surface area (TPSA) is 3.24 Å². The number of hydrogen-bond acceptors (Lipinski definition) is 2. The van der Waals surface area contributed by atoms with Crippen molar-refractivity contribution in [1.29, 1.82) is 0 Å². The van der Waals surface area contributed by atoms with Crippen LogP contribution in [0.3, 0.4) is 0 Å². The highest BCUT2D eigenvalue weighted by Crippen LogP contribution is 2.58. The first kappa shape index (κ1) is 36.8. The fraction of sp³-hybridized carbons (Fsp3) is 0.100. The Balaban J connectivity index is 0.955. The molecule has 296 valence electrons. The lowest BCUT2D eigenvalue weighted by atomic mass is 9.79. The van der Waals surface area contributed by atoms with Gasteiger partial charge in [-0.3, -0.25) is 0 Å². The summed E-state index contributed by atoms with van der Waals surface area (Å²) in [5.74, 6) is 0. The SMILES string of the molecule is CC1(C)c2ccccc2-c2cc3c(cc21)-c1c(-c2ccc4c(c2)sc2cc(N(c5ccc(-c6ccccc6)cc5)c5ccc(-c6ccccc6)cc5)ccc24)cccc1C3(C)C. The Morgan fingerprint density at radius 3 is 1.45 bits per heavy atom. The smallest absolute Gasteiger partial charge is 0.0476 e. The van der Waals surface area contributed by atoms with Crippen LogP contribution < -0.4 is 4.90 Å². The van der Waals surface area contributed by atoms with Crippen molar-refractivity contribution in [3.63, 3.8) is 0 Å². The third-order valence-electron chi connectivity index (χ3n) is 13.9. The largest absolute Gasteiger partial charge is 0.310 e. The van der Waals surface area contributed by atoms with Crippen molar-refractivity contribution in [2.75, 3.05) is 4.90 Å². The van der Waals surface area contributed by atoms with E-state index in [-0.39, 0.29) is 10.8 Å². The highest BCUT2D eigenvalue weighted by Gasteiger charge is 2.42. The molecule has 9 aromatic carbocycles. The number of rotatable bonds is 6. The minimum atomic E-state index is -0.106. The van der Waals surface area contributed by atoms with Crippen molar-refractivity contribution in [1.82, 2.24) is 0 Å². The zero-order valence-electron chi connectivity index (χ0n) is 35.4. The van der Waals surface area contributed by atoms with E-state index in [9.17, 15) is 0 Å². The van der Waals surface area contributed by atoms with Gasteiger partial charge in [0.25, 0.3) is 0 Å². The summed E-state index contributed by atoms with van der Waals surface area (Å²) >= 11 is 1.89. The first-order valence-electron chi connectivity index (χ1n) is 21.7. The molecular formula is C60H45NS. The van der Waals surface area contributed by atoms with Crippen LogP contribution in [0, 0.1) is 0 Å². The molecule has 0 amide bonds. The normalized spacial score (nSPS) is 14.1. The second-order valence-electron chi connectivity index (χ2n) is 18.1. The maximum atomic E-state index is 2.54. The molecule has 0 atom stereocenters. The molecule has 0 fully saturated rings. The van der Waals surface area contributed by atoms with Crippen molar-refractivity contribution in [3.8, 4) is 55.6 Å². The average Bonchev–Trinajstić information content (AvgIpc) is 3.88. The first-order valence-corrected chi connectivity index (χ1v) is 22.6. The molecule has 62 heavy (non-hydrogen) atoms. The molecule has 2 heteroatoms. The summed E-state index contributed by atoms with van der Waals surface area (Å²) in [5, 5.41) is 2.60. The van der Waals surface area contributed by atoms with E-state index < -0.39 is 0 Å². The van der Waals surface area contributed by atoms with Gasteiger partial charge in [-0.1, -0.05) is 173 Å². The van der Waals surface area contributed by atoms with Crippen molar-refractivity contribution in [3.05, 3.63) is 222 Å². The molecule has 0 saturated carbocycles. The molecule has 0 spiro atoms. The molecule has 1 heterocycles. The van der Waals surface area contributed by atoms with Crippen LogP contribution in [0.15, 0.2) is 200 Å². The van der Waals surface area contributed by atoms with Crippen LogP contribution in [0.4, 0.5) is 17.1 Å². The lowest BCUT2D eigenvalue weighted by Gasteiger charge is -2.26. The van der Waals surface area contributed by atoms with Gasteiger partial charge in [0.05, 0.1) is 0 Å². The van der Waals surface area contributed by atoms with Gasteiger partial charge < -0.3 is 4.90 Å². The fourth-order valence-corrected chi connectivity index (χ4v) is 11.8. The Morgan fingerprint density at radius 2 is 0.790 bits per heavy atom. The summed E-state index contributed by atoms with van der Waals surface area (Å²) in [6.07, 6.45) is 0. The Labute approximate surface area is 368 Å². The highest BCUT2D eigenvalue weighted by molar-refractivity contribution is 7.25. The van der Waals surface area contributed by atoms with E-state index in [2.05, 4.69) is 233 Å². The molecule has 10 aromatic rings. The van der Waals surface area contributed by atoms with Gasteiger partial charge in [-0.25, -0.2) is 0 Å². The van der Waals surface area contributed by atoms with Gasteiger partial charge in [-0.15, -0.1) is 11.3 Å². The molecular weight excluding hydrogens is 767 g/mol. The van der Waals surface area contributed by atoms with E-state index in [1.807, 2.05) is 11.3 Å². The Morgan fingerprint density at radius 1 is 0.323 bits per heavy atom. The van der Waals surface area contributed by atoms with Crippen LogP contribution >= 0.6 is 11.3 Å². The number of hydrogen-bond donors (Lipinski definition) is 0. The lowest BCUT2D eigenvalue weighted by Crippen LogP contribution is -2.16. The highest BCUT2D eigenvalue weighted by atomic mass is 32.1. The maximum Gasteiger partial charge on any atom is 0.0476 e. The number of nitrogens with zero attached hydrogens (tertiary/aromatic N) is 1. The number of anilines is 3. The number of benzene rings is 9. The van der Waals surface area contributed by atoms with Crippen LogP contribution in [0.1, 0.15) is 49.9 Å². The van der Waals surface area contributed by atoms with Gasteiger partial charge in [0.1, 0.15) is 0 Å². The van der Waals surface area contributed by atoms with Gasteiger partial charge in [0.15, 0.2) is 0 Å². The van der Waals surface area contributed by atoms with E-state index in [0.717, 1.165) is 17.1 Å².